The van der Waals surface area contributed by atoms with E-state index in [0.717, 1.165) is 74.2 Å². The van der Waals surface area contributed by atoms with Crippen LogP contribution in [0, 0.1) is 0 Å². The van der Waals surface area contributed by atoms with E-state index in [1.54, 1.807) is 6.20 Å². The molecule has 33 heavy (non-hydrogen) atoms. The average molecular weight is 453 g/mol. The largest absolute Gasteiger partial charge is 0.342 e. The van der Waals surface area contributed by atoms with Crippen LogP contribution in [-0.4, -0.2) is 87.1 Å². The smallest absolute Gasteiger partial charge is 0.254 e. The number of carbonyl (C=O) groups is 2. The predicted octanol–water partition coefficient (Wildman–Crippen LogP) is 3.05. The number of pyridine rings is 1. The van der Waals surface area contributed by atoms with Gasteiger partial charge in [-0.25, -0.2) is 9.67 Å². The molecule has 0 radical (unpaired) electrons. The standard InChI is InChI=1S/C25H36N6O2/c1-18(2)31-24-21(16-26-31)20(15-22(27-24)19-7-8-19)25(33)30-13-11-28(12-14-30)17-23(32)29-9-5-3-4-6-10-29/h15-16,18-19H,3-14,17H2,1-2H3. The molecule has 8 nitrogen and oxygen atoms in total. The highest BCUT2D eigenvalue weighted by Gasteiger charge is 2.31. The summed E-state index contributed by atoms with van der Waals surface area (Å²) < 4.78 is 1.92. The molecule has 1 aliphatic carbocycles. The number of likely N-dealkylation sites (tertiary alicyclic amines) is 1. The Hall–Kier alpha value is -2.48. The van der Waals surface area contributed by atoms with Crippen LogP contribution in [0.1, 0.15) is 80.4 Å². The van der Waals surface area contributed by atoms with Crippen molar-refractivity contribution >= 4 is 22.8 Å². The first kappa shape index (κ1) is 22.3. The zero-order valence-electron chi connectivity index (χ0n) is 20.0. The minimum atomic E-state index is 0.0612. The van der Waals surface area contributed by atoms with Crippen LogP contribution in [0.5, 0.6) is 0 Å². The van der Waals surface area contributed by atoms with Gasteiger partial charge in [-0.3, -0.25) is 14.5 Å². The molecule has 4 heterocycles. The molecule has 0 bridgehead atoms. The molecule has 178 valence electrons. The third-order valence-corrected chi connectivity index (χ3v) is 7.28. The van der Waals surface area contributed by atoms with Crippen LogP contribution in [0.25, 0.3) is 11.0 Å². The molecule has 0 N–H and O–H groups in total. The summed E-state index contributed by atoms with van der Waals surface area (Å²) in [6.07, 6.45) is 8.77. The molecule has 2 aromatic rings. The van der Waals surface area contributed by atoms with E-state index in [0.29, 0.717) is 25.6 Å². The Morgan fingerprint density at radius 3 is 2.30 bits per heavy atom. The van der Waals surface area contributed by atoms with E-state index in [1.807, 2.05) is 20.5 Å². The Balaban J connectivity index is 1.27. The molecule has 8 heteroatoms. The van der Waals surface area contributed by atoms with Crippen molar-refractivity contribution in [3.05, 3.63) is 23.5 Å². The Labute approximate surface area is 195 Å². The fourth-order valence-electron chi connectivity index (χ4n) is 5.07. The van der Waals surface area contributed by atoms with Gasteiger partial charge in [-0.2, -0.15) is 5.10 Å². The number of fused-ring (bicyclic) bond motifs is 1. The first-order valence-electron chi connectivity index (χ1n) is 12.7. The minimum Gasteiger partial charge on any atom is -0.342 e. The predicted molar refractivity (Wildman–Crippen MR) is 127 cm³/mol. The van der Waals surface area contributed by atoms with Gasteiger partial charge in [0.1, 0.15) is 0 Å². The lowest BCUT2D eigenvalue weighted by Crippen LogP contribution is -2.51. The summed E-state index contributed by atoms with van der Waals surface area (Å²) in [5.74, 6) is 0.770. The van der Waals surface area contributed by atoms with E-state index < -0.39 is 0 Å². The minimum absolute atomic E-state index is 0.0612. The first-order valence-corrected chi connectivity index (χ1v) is 12.7. The molecule has 1 saturated carbocycles. The van der Waals surface area contributed by atoms with Gasteiger partial charge in [0.25, 0.3) is 5.91 Å². The van der Waals surface area contributed by atoms with Gasteiger partial charge in [0.05, 0.1) is 23.7 Å². The maximum atomic E-state index is 13.6. The lowest BCUT2D eigenvalue weighted by molar-refractivity contribution is -0.132. The van der Waals surface area contributed by atoms with Gasteiger partial charge in [0, 0.05) is 56.9 Å². The molecule has 2 aliphatic heterocycles. The fraction of sp³-hybridized carbons (Fsp3) is 0.680. The number of rotatable bonds is 5. The Bertz CT molecular complexity index is 1010. The number of carbonyl (C=O) groups excluding carboxylic acids is 2. The summed E-state index contributed by atoms with van der Waals surface area (Å²) in [5.41, 5.74) is 2.57. The fourth-order valence-corrected chi connectivity index (χ4v) is 5.07. The Kier molecular flexibility index (Phi) is 6.36. The van der Waals surface area contributed by atoms with Crippen LogP contribution >= 0.6 is 0 Å². The van der Waals surface area contributed by atoms with E-state index >= 15 is 0 Å². The normalized spacial score (nSPS) is 20.5. The quantitative estimate of drug-likeness (QED) is 0.697. The summed E-state index contributed by atoms with van der Waals surface area (Å²) in [6, 6.07) is 2.20. The van der Waals surface area contributed by atoms with Crippen LogP contribution in [0.4, 0.5) is 0 Å². The van der Waals surface area contributed by atoms with E-state index in [4.69, 9.17) is 4.98 Å². The number of hydrogen-bond acceptors (Lipinski definition) is 5. The van der Waals surface area contributed by atoms with Crippen molar-refractivity contribution in [3.8, 4) is 0 Å². The highest BCUT2D eigenvalue weighted by Crippen LogP contribution is 2.40. The van der Waals surface area contributed by atoms with Crippen LogP contribution in [0.15, 0.2) is 12.3 Å². The van der Waals surface area contributed by atoms with Crippen molar-refractivity contribution in [2.24, 2.45) is 0 Å². The molecular formula is C25H36N6O2. The number of aromatic nitrogens is 3. The van der Waals surface area contributed by atoms with E-state index in [-0.39, 0.29) is 17.9 Å². The molecule has 0 atom stereocenters. The van der Waals surface area contributed by atoms with Crippen molar-refractivity contribution in [1.29, 1.82) is 0 Å². The van der Waals surface area contributed by atoms with Gasteiger partial charge in [-0.15, -0.1) is 0 Å². The number of hydrogen-bond donors (Lipinski definition) is 0. The molecular weight excluding hydrogens is 416 g/mol. The summed E-state index contributed by atoms with van der Waals surface area (Å²) in [5, 5.41) is 5.38. The van der Waals surface area contributed by atoms with Gasteiger partial charge in [0.2, 0.25) is 5.91 Å². The Morgan fingerprint density at radius 1 is 0.970 bits per heavy atom. The topological polar surface area (TPSA) is 74.6 Å². The molecule has 3 aliphatic rings. The molecule has 0 spiro atoms. The van der Waals surface area contributed by atoms with E-state index in [1.165, 1.54) is 12.8 Å². The summed E-state index contributed by atoms with van der Waals surface area (Å²) in [6.45, 7) is 9.19. The second-order valence-electron chi connectivity index (χ2n) is 10.2. The summed E-state index contributed by atoms with van der Waals surface area (Å²) in [7, 11) is 0. The van der Waals surface area contributed by atoms with Gasteiger partial charge in [-0.05, 0) is 45.6 Å². The molecule has 2 aromatic heterocycles. The number of nitrogens with zero attached hydrogens (tertiary/aromatic N) is 6. The second kappa shape index (κ2) is 9.41. The number of piperazine rings is 1. The van der Waals surface area contributed by atoms with Crippen LogP contribution < -0.4 is 0 Å². The highest BCUT2D eigenvalue weighted by molar-refractivity contribution is 6.05. The summed E-state index contributed by atoms with van der Waals surface area (Å²) in [4.78, 5) is 37.4. The van der Waals surface area contributed by atoms with Crippen molar-refractivity contribution in [2.45, 2.75) is 64.3 Å². The third-order valence-electron chi connectivity index (χ3n) is 7.28. The average Bonchev–Trinajstić information content (AvgIpc) is 3.62. The number of amides is 2. The van der Waals surface area contributed by atoms with Crippen molar-refractivity contribution in [3.63, 3.8) is 0 Å². The molecule has 2 saturated heterocycles. The van der Waals surface area contributed by atoms with Crippen molar-refractivity contribution in [1.82, 2.24) is 29.5 Å². The molecule has 0 aromatic carbocycles. The van der Waals surface area contributed by atoms with Gasteiger partial charge < -0.3 is 9.80 Å². The third kappa shape index (κ3) is 4.76. The SMILES string of the molecule is CC(C)n1ncc2c(C(=O)N3CCN(CC(=O)N4CCCCCC4)CC3)cc(C3CC3)nc21. The Morgan fingerprint density at radius 2 is 1.67 bits per heavy atom. The van der Waals surface area contributed by atoms with Crippen LogP contribution in [-0.2, 0) is 4.79 Å². The zero-order chi connectivity index (χ0) is 22.9. The molecule has 0 unspecified atom stereocenters. The monoisotopic (exact) mass is 452 g/mol. The molecule has 3 fully saturated rings. The van der Waals surface area contributed by atoms with Crippen LogP contribution in [0.3, 0.4) is 0 Å². The maximum Gasteiger partial charge on any atom is 0.254 e. The lowest BCUT2D eigenvalue weighted by Gasteiger charge is -2.35. The maximum absolute atomic E-state index is 13.6. The second-order valence-corrected chi connectivity index (χ2v) is 10.2. The van der Waals surface area contributed by atoms with E-state index in [2.05, 4.69) is 23.8 Å². The lowest BCUT2D eigenvalue weighted by atomic mass is 10.1. The zero-order valence-corrected chi connectivity index (χ0v) is 20.0. The van der Waals surface area contributed by atoms with Crippen molar-refractivity contribution < 1.29 is 9.59 Å². The van der Waals surface area contributed by atoms with Gasteiger partial charge >= 0.3 is 0 Å². The highest BCUT2D eigenvalue weighted by atomic mass is 16.2. The van der Waals surface area contributed by atoms with E-state index in [9.17, 15) is 9.59 Å². The van der Waals surface area contributed by atoms with Gasteiger partial charge in [-0.1, -0.05) is 12.8 Å². The molecule has 5 rings (SSSR count). The first-order chi connectivity index (χ1) is 16.0. The van der Waals surface area contributed by atoms with Crippen molar-refractivity contribution in [2.75, 3.05) is 45.8 Å². The molecule has 2 amide bonds. The summed E-state index contributed by atoms with van der Waals surface area (Å²) >= 11 is 0. The van der Waals surface area contributed by atoms with Crippen LogP contribution in [0.2, 0.25) is 0 Å². The van der Waals surface area contributed by atoms with Gasteiger partial charge in [0.15, 0.2) is 5.65 Å².